The lowest BCUT2D eigenvalue weighted by molar-refractivity contribution is -0.134. The number of aromatic hydroxyl groups is 3. The molecule has 0 amide bonds. The summed E-state index contributed by atoms with van der Waals surface area (Å²) in [5.41, 5.74) is 5.09. The van der Waals surface area contributed by atoms with Crippen molar-refractivity contribution in [3.8, 4) is 56.4 Å². The average Bonchev–Trinajstić information content (AvgIpc) is 0.786. The number of carboxylic acids is 3. The molecule has 0 aromatic heterocycles. The van der Waals surface area contributed by atoms with Gasteiger partial charge in [0.2, 0.25) is 0 Å². The molecule has 0 saturated heterocycles. The summed E-state index contributed by atoms with van der Waals surface area (Å²) in [6.07, 6.45) is 0. The van der Waals surface area contributed by atoms with Crippen LogP contribution in [0, 0.1) is 11.6 Å². The van der Waals surface area contributed by atoms with Crippen LogP contribution in [-0.4, -0.2) is 97.7 Å². The normalized spacial score (nSPS) is 11.4. The number of rotatable bonds is 23. The summed E-state index contributed by atoms with van der Waals surface area (Å²) >= 11 is 8.62. The van der Waals surface area contributed by atoms with Crippen LogP contribution in [0.25, 0.3) is 65.7 Å². The number of fused-ring (bicyclic) bond motifs is 3. The zero-order valence-electron chi connectivity index (χ0n) is 53.1. The highest BCUT2D eigenvalue weighted by Gasteiger charge is 2.24. The second kappa shape index (κ2) is 32.4. The zero-order chi connectivity index (χ0) is 73.0. The van der Waals surface area contributed by atoms with Crippen molar-refractivity contribution in [2.45, 2.75) is 36.3 Å². The molecule has 19 nitrogen and oxygen atoms in total. The fraction of sp³-hybridized carbons (Fsp3) is 0.0676. The summed E-state index contributed by atoms with van der Waals surface area (Å²) in [5, 5.41) is 61.9. The van der Waals surface area contributed by atoms with Gasteiger partial charge in [-0.2, -0.15) is 0 Å². The van der Waals surface area contributed by atoms with Gasteiger partial charge < -0.3 is 35.4 Å². The number of halogens is 3. The number of phenolic OH excluding ortho intramolecular Hbond substituents is 3. The molecule has 0 bridgehead atoms. The van der Waals surface area contributed by atoms with Crippen LogP contribution in [-0.2, 0) is 44.5 Å². The van der Waals surface area contributed by atoms with E-state index in [2.05, 4.69) is 14.2 Å². The van der Waals surface area contributed by atoms with Crippen LogP contribution >= 0.6 is 46.9 Å². The van der Waals surface area contributed by atoms with E-state index < -0.39 is 59.6 Å². The van der Waals surface area contributed by atoms with Crippen molar-refractivity contribution in [1.82, 2.24) is 0 Å². The molecule has 0 heterocycles. The fourth-order valence-electron chi connectivity index (χ4n) is 10.3. The number of thioether (sulfide) groups is 3. The molecule has 0 atom stereocenters. The minimum Gasteiger partial charge on any atom is -0.506 e. The predicted octanol–water partition coefficient (Wildman–Crippen LogP) is 16.9. The van der Waals surface area contributed by atoms with E-state index >= 15 is 0 Å². The Morgan fingerprint density at radius 1 is 0.382 bits per heavy atom. The second-order valence-electron chi connectivity index (χ2n) is 22.0. The van der Waals surface area contributed by atoms with Crippen LogP contribution in [0.3, 0.4) is 0 Å². The summed E-state index contributed by atoms with van der Waals surface area (Å²) in [5.74, 6) is -5.57. The third-order valence-electron chi connectivity index (χ3n) is 15.2. The molecule has 0 aliphatic rings. The van der Waals surface area contributed by atoms with Gasteiger partial charge in [-0.05, 0) is 131 Å². The molecule has 0 fully saturated rings. The predicted molar refractivity (Wildman–Crippen MR) is 396 cm³/mol. The molecule has 12 rings (SSSR count). The fourth-order valence-corrected chi connectivity index (χ4v) is 15.8. The zero-order valence-corrected chi connectivity index (χ0v) is 58.8. The first-order valence-electron chi connectivity index (χ1n) is 30.3. The van der Waals surface area contributed by atoms with E-state index in [0.29, 0.717) is 55.1 Å². The van der Waals surface area contributed by atoms with E-state index in [4.69, 9.17) is 31.7 Å². The van der Waals surface area contributed by atoms with Gasteiger partial charge in [0.05, 0.1) is 70.3 Å². The highest BCUT2D eigenvalue weighted by atomic mass is 35.5. The number of carboxylic acid groups (broad SMARTS) is 3. The lowest BCUT2D eigenvalue weighted by Crippen LogP contribution is -2.13. The number of ether oxygens (including phenoxy) is 1. The maximum Gasteiger partial charge on any atom is 0.313 e. The first-order chi connectivity index (χ1) is 48.7. The third kappa shape index (κ3) is 18.1. The molecular formula is C74H58ClF2N3O16S6. The van der Waals surface area contributed by atoms with Gasteiger partial charge in [-0.25, -0.2) is 34.0 Å². The quantitative estimate of drug-likeness (QED) is 0.0212. The lowest BCUT2D eigenvalue weighted by atomic mass is 10.1. The number of hydrogen-bond acceptors (Lipinski definition) is 16. The number of benzene rings is 12. The molecule has 12 aromatic rings. The molecular weight excluding hydrogens is 1450 g/mol. The second-order valence-corrected chi connectivity index (χ2v) is 30.5. The van der Waals surface area contributed by atoms with Gasteiger partial charge in [-0.1, -0.05) is 151 Å². The smallest absolute Gasteiger partial charge is 0.313 e. The van der Waals surface area contributed by atoms with Crippen LogP contribution in [0.2, 0.25) is 5.02 Å². The van der Waals surface area contributed by atoms with Crippen LogP contribution in [0.4, 0.5) is 25.8 Å². The molecule has 28 heteroatoms. The molecule has 102 heavy (non-hydrogen) atoms. The Hall–Kier alpha value is -10.5. The summed E-state index contributed by atoms with van der Waals surface area (Å²) in [4.78, 5) is 33.8. The van der Waals surface area contributed by atoms with E-state index in [1.807, 2.05) is 43.3 Å². The largest absolute Gasteiger partial charge is 0.506 e. The monoisotopic (exact) mass is 1510 g/mol. The first kappa shape index (κ1) is 74.2. The molecule has 0 radical (unpaired) electrons. The lowest BCUT2D eigenvalue weighted by Gasteiger charge is -2.15. The Morgan fingerprint density at radius 2 is 0.657 bits per heavy atom. The topological polar surface area (TPSA) is 320 Å². The minimum atomic E-state index is -4.07. The van der Waals surface area contributed by atoms with Crippen molar-refractivity contribution in [3.05, 3.63) is 247 Å². The standard InChI is InChI=1S/C26H23NO6S2.C24H18ClNO5S2.C24H17F2NO5S2/c1-2-33-19-11-7-17(8-12-19)18-9-13-20(14-10-18)35(31,32)27-23-15-24(34-16-25(28)29)26(30)22-6-4-3-5-21(22)23;25-17-9-5-15(6-10-17)16-7-11-18(12-8-16)33(30,31)26-21-13-22(32-14-23(27)28)24(29)20-4-2-1-3-19(20)21;25-19-10-7-15(11-20(19)26)14-5-8-16(9-6-14)34(31,32)27-21-12-22(33-13-23(28)29)24(30)18-4-2-1-3-17(18)21/h3-15,27,30H,2,16H2,1H3,(H,28,29);1-13,26,29H,14H2,(H,27,28);1-12,27,30H,13H2,(H,28,29). The molecule has 9 N–H and O–H groups in total. The van der Waals surface area contributed by atoms with Gasteiger partial charge in [0.25, 0.3) is 30.1 Å². The van der Waals surface area contributed by atoms with Gasteiger partial charge >= 0.3 is 17.9 Å². The number of hydrogen-bond donors (Lipinski definition) is 9. The van der Waals surface area contributed by atoms with Crippen molar-refractivity contribution in [3.63, 3.8) is 0 Å². The number of sulfonamides is 3. The van der Waals surface area contributed by atoms with Crippen LogP contribution in [0.15, 0.2) is 260 Å². The minimum absolute atomic E-state index is 0.0668. The Kier molecular flexibility index (Phi) is 23.6. The number of carbonyl (C=O) groups is 3. The summed E-state index contributed by atoms with van der Waals surface area (Å²) in [7, 11) is -12.0. The van der Waals surface area contributed by atoms with E-state index in [0.717, 1.165) is 75.4 Å². The van der Waals surface area contributed by atoms with Crippen molar-refractivity contribution in [2.75, 3.05) is 38.0 Å². The van der Waals surface area contributed by atoms with Gasteiger partial charge in [0.1, 0.15) is 23.0 Å². The maximum absolute atomic E-state index is 13.5. The van der Waals surface area contributed by atoms with E-state index in [1.165, 1.54) is 72.8 Å². The van der Waals surface area contributed by atoms with Gasteiger partial charge in [0.15, 0.2) is 11.6 Å². The molecule has 0 unspecified atom stereocenters. The Labute approximate surface area is 601 Å². The Bertz CT molecular complexity index is 5500. The van der Waals surface area contributed by atoms with Crippen molar-refractivity contribution in [2.24, 2.45) is 0 Å². The van der Waals surface area contributed by atoms with Gasteiger partial charge in [-0.3, -0.25) is 28.5 Å². The highest BCUT2D eigenvalue weighted by molar-refractivity contribution is 8.00. The van der Waals surface area contributed by atoms with Gasteiger partial charge in [0, 0.05) is 37.3 Å². The summed E-state index contributed by atoms with van der Waals surface area (Å²) in [6, 6.07) is 61.2. The highest BCUT2D eigenvalue weighted by Crippen LogP contribution is 2.44. The molecule has 0 aliphatic carbocycles. The number of phenols is 3. The summed E-state index contributed by atoms with van der Waals surface area (Å²) < 4.78 is 119. The third-order valence-corrected chi connectivity index (χ3v) is 22.6. The number of anilines is 3. The molecule has 522 valence electrons. The van der Waals surface area contributed by atoms with Gasteiger partial charge in [-0.15, -0.1) is 35.3 Å². The molecule has 0 aliphatic heterocycles. The molecule has 0 saturated carbocycles. The Morgan fingerprint density at radius 3 is 0.951 bits per heavy atom. The SMILES string of the molecule is CCOc1ccc(-c2ccc(S(=O)(=O)Nc3cc(SCC(=O)O)c(O)c4ccccc34)cc2)cc1.O=C(O)CSc1cc(NS(=O)(=O)c2ccc(-c3ccc(Cl)cc3)cc2)c2ccccc2c1O.O=C(O)CSc1cc(NS(=O)(=O)c2ccc(-c3ccc(F)c(F)c3)cc2)c2ccccc2c1O. The number of nitrogens with one attached hydrogen (secondary N) is 3. The average molecular weight is 1510 g/mol. The van der Waals surface area contributed by atoms with E-state index in [1.54, 1.807) is 109 Å². The summed E-state index contributed by atoms with van der Waals surface area (Å²) in [6.45, 7) is 2.49. The van der Waals surface area contributed by atoms with Crippen molar-refractivity contribution in [1.29, 1.82) is 0 Å². The molecule has 12 aromatic carbocycles. The Balaban J connectivity index is 0.000000165. The van der Waals surface area contributed by atoms with E-state index in [-0.39, 0.29) is 80.9 Å². The first-order valence-corrected chi connectivity index (χ1v) is 38.1. The van der Waals surface area contributed by atoms with Crippen LogP contribution < -0.4 is 18.9 Å². The van der Waals surface area contributed by atoms with Crippen molar-refractivity contribution < 1.29 is 83.8 Å². The molecule has 0 spiro atoms. The maximum atomic E-state index is 13.5. The van der Waals surface area contributed by atoms with Crippen LogP contribution in [0.1, 0.15) is 6.92 Å². The number of aliphatic carboxylic acids is 3. The van der Waals surface area contributed by atoms with Crippen molar-refractivity contribution >= 4 is 144 Å². The van der Waals surface area contributed by atoms with Crippen LogP contribution in [0.5, 0.6) is 23.0 Å². The van der Waals surface area contributed by atoms with E-state index in [9.17, 15) is 63.7 Å².